The summed E-state index contributed by atoms with van der Waals surface area (Å²) in [6.45, 7) is 0.610. The van der Waals surface area contributed by atoms with Gasteiger partial charge in [0, 0.05) is 11.8 Å². The standard InChI is InChI=1S/C8H11FN2O3/c1-5-2-11(3-6(9)4-12)8(14)10-7(5)13/h2,6,12H,3-4H2,1H3,(H,10,13,14). The van der Waals surface area contributed by atoms with Crippen molar-refractivity contribution < 1.29 is 9.50 Å². The van der Waals surface area contributed by atoms with Crippen LogP contribution in [0.15, 0.2) is 15.8 Å². The van der Waals surface area contributed by atoms with Crippen LogP contribution in [0.5, 0.6) is 0 Å². The number of aromatic amines is 1. The summed E-state index contributed by atoms with van der Waals surface area (Å²) in [5.41, 5.74) is -0.822. The van der Waals surface area contributed by atoms with Crippen molar-refractivity contribution in [3.63, 3.8) is 0 Å². The number of aromatic nitrogens is 2. The number of aliphatic hydroxyl groups is 1. The Morgan fingerprint density at radius 2 is 2.29 bits per heavy atom. The van der Waals surface area contributed by atoms with Gasteiger partial charge in [-0.3, -0.25) is 14.3 Å². The van der Waals surface area contributed by atoms with Crippen LogP contribution in [0.4, 0.5) is 4.39 Å². The summed E-state index contributed by atoms with van der Waals surface area (Å²) in [6, 6.07) is 0. The molecule has 1 rings (SSSR count). The molecule has 14 heavy (non-hydrogen) atoms. The van der Waals surface area contributed by atoms with Crippen molar-refractivity contribution in [2.24, 2.45) is 0 Å². The van der Waals surface area contributed by atoms with Gasteiger partial charge in [-0.15, -0.1) is 0 Å². The highest BCUT2D eigenvalue weighted by molar-refractivity contribution is 5.00. The van der Waals surface area contributed by atoms with Crippen molar-refractivity contribution >= 4 is 0 Å². The number of halogens is 1. The van der Waals surface area contributed by atoms with Crippen LogP contribution in [0.25, 0.3) is 0 Å². The van der Waals surface area contributed by atoms with Crippen LogP contribution in [0.2, 0.25) is 0 Å². The summed E-state index contributed by atoms with van der Waals surface area (Å²) in [5, 5.41) is 8.45. The maximum atomic E-state index is 12.7. The fourth-order valence-electron chi connectivity index (χ4n) is 1.03. The maximum absolute atomic E-state index is 12.7. The average molecular weight is 202 g/mol. The maximum Gasteiger partial charge on any atom is 0.328 e. The van der Waals surface area contributed by atoms with E-state index in [1.165, 1.54) is 13.1 Å². The van der Waals surface area contributed by atoms with Crippen LogP contribution in [0.1, 0.15) is 5.56 Å². The third kappa shape index (κ3) is 2.29. The van der Waals surface area contributed by atoms with Gasteiger partial charge >= 0.3 is 5.69 Å². The van der Waals surface area contributed by atoms with Gasteiger partial charge in [0.2, 0.25) is 0 Å². The van der Waals surface area contributed by atoms with Crippen molar-refractivity contribution in [2.45, 2.75) is 19.6 Å². The van der Waals surface area contributed by atoms with E-state index in [-0.39, 0.29) is 6.54 Å². The molecule has 0 aromatic carbocycles. The minimum absolute atomic E-state index is 0.257. The molecule has 2 N–H and O–H groups in total. The summed E-state index contributed by atoms with van der Waals surface area (Å²) < 4.78 is 13.8. The fraction of sp³-hybridized carbons (Fsp3) is 0.500. The zero-order chi connectivity index (χ0) is 10.7. The number of nitrogens with one attached hydrogen (secondary N) is 1. The Morgan fingerprint density at radius 3 is 2.86 bits per heavy atom. The number of alkyl halides is 1. The molecular weight excluding hydrogens is 191 g/mol. The second kappa shape index (κ2) is 4.19. The largest absolute Gasteiger partial charge is 0.393 e. The summed E-state index contributed by atoms with van der Waals surface area (Å²) in [7, 11) is 0. The van der Waals surface area contributed by atoms with Gasteiger partial charge in [-0.2, -0.15) is 0 Å². The molecule has 0 aliphatic heterocycles. The third-order valence-electron chi connectivity index (χ3n) is 1.78. The van der Waals surface area contributed by atoms with E-state index in [1.54, 1.807) is 0 Å². The van der Waals surface area contributed by atoms with Crippen molar-refractivity contribution in [3.8, 4) is 0 Å². The molecule has 1 aromatic rings. The molecule has 0 aliphatic carbocycles. The number of aryl methyl sites for hydroxylation is 1. The average Bonchev–Trinajstić information content (AvgIpc) is 2.14. The zero-order valence-corrected chi connectivity index (χ0v) is 7.66. The lowest BCUT2D eigenvalue weighted by atomic mass is 10.3. The third-order valence-corrected chi connectivity index (χ3v) is 1.78. The molecule has 1 aromatic heterocycles. The predicted octanol–water partition coefficient (Wildman–Crippen LogP) is -0.825. The van der Waals surface area contributed by atoms with E-state index < -0.39 is 24.0 Å². The lowest BCUT2D eigenvalue weighted by Gasteiger charge is -2.07. The predicted molar refractivity (Wildman–Crippen MR) is 48.0 cm³/mol. The molecule has 78 valence electrons. The lowest BCUT2D eigenvalue weighted by Crippen LogP contribution is -2.33. The number of H-pyrrole nitrogens is 1. The first-order chi connectivity index (χ1) is 6.54. The number of rotatable bonds is 3. The van der Waals surface area contributed by atoms with Gasteiger partial charge in [0.15, 0.2) is 0 Å². The highest BCUT2D eigenvalue weighted by Gasteiger charge is 2.07. The molecule has 0 amide bonds. The highest BCUT2D eigenvalue weighted by atomic mass is 19.1. The Balaban J connectivity index is 3.04. The quantitative estimate of drug-likeness (QED) is 0.672. The monoisotopic (exact) mass is 202 g/mol. The Bertz CT molecular complexity index is 423. The van der Waals surface area contributed by atoms with Gasteiger partial charge in [0.1, 0.15) is 6.17 Å². The lowest BCUT2D eigenvalue weighted by molar-refractivity contribution is 0.160. The molecule has 1 heterocycles. The Labute approximate surface area is 78.8 Å². The van der Waals surface area contributed by atoms with Crippen molar-refractivity contribution in [2.75, 3.05) is 6.61 Å². The molecular formula is C8H11FN2O3. The minimum Gasteiger partial charge on any atom is -0.393 e. The zero-order valence-electron chi connectivity index (χ0n) is 7.66. The molecule has 0 spiro atoms. The van der Waals surface area contributed by atoms with E-state index in [9.17, 15) is 14.0 Å². The Kier molecular flexibility index (Phi) is 3.19. The van der Waals surface area contributed by atoms with Gasteiger partial charge in [-0.1, -0.05) is 0 Å². The Hall–Kier alpha value is -1.43. The van der Waals surface area contributed by atoms with Gasteiger partial charge in [0.25, 0.3) is 5.56 Å². The van der Waals surface area contributed by atoms with E-state index in [0.29, 0.717) is 5.56 Å². The summed E-state index contributed by atoms with van der Waals surface area (Å²) >= 11 is 0. The molecule has 6 heteroatoms. The normalized spacial score (nSPS) is 12.8. The molecule has 1 atom stereocenters. The van der Waals surface area contributed by atoms with E-state index >= 15 is 0 Å². The number of nitrogens with zero attached hydrogens (tertiary/aromatic N) is 1. The smallest absolute Gasteiger partial charge is 0.328 e. The molecule has 0 bridgehead atoms. The Morgan fingerprint density at radius 1 is 1.64 bits per heavy atom. The van der Waals surface area contributed by atoms with Crippen LogP contribution in [0, 0.1) is 6.92 Å². The molecule has 0 fully saturated rings. The van der Waals surface area contributed by atoms with E-state index in [4.69, 9.17) is 5.11 Å². The first-order valence-corrected chi connectivity index (χ1v) is 4.10. The molecule has 0 saturated heterocycles. The molecule has 0 saturated carbocycles. The summed E-state index contributed by atoms with van der Waals surface area (Å²) in [4.78, 5) is 24.1. The van der Waals surface area contributed by atoms with Gasteiger partial charge in [-0.25, -0.2) is 9.18 Å². The van der Waals surface area contributed by atoms with Crippen LogP contribution >= 0.6 is 0 Å². The van der Waals surface area contributed by atoms with E-state index in [2.05, 4.69) is 0 Å². The first-order valence-electron chi connectivity index (χ1n) is 4.10. The van der Waals surface area contributed by atoms with Crippen LogP contribution in [0.3, 0.4) is 0 Å². The van der Waals surface area contributed by atoms with Crippen LogP contribution in [-0.4, -0.2) is 27.4 Å². The van der Waals surface area contributed by atoms with Crippen molar-refractivity contribution in [1.82, 2.24) is 9.55 Å². The molecule has 0 aliphatic rings. The number of hydrogen-bond donors (Lipinski definition) is 2. The van der Waals surface area contributed by atoms with Gasteiger partial charge in [-0.05, 0) is 6.92 Å². The topological polar surface area (TPSA) is 75.1 Å². The summed E-state index contributed by atoms with van der Waals surface area (Å²) in [6.07, 6.45) is -0.235. The van der Waals surface area contributed by atoms with Gasteiger partial charge < -0.3 is 5.11 Å². The fourth-order valence-corrected chi connectivity index (χ4v) is 1.03. The minimum atomic E-state index is -1.50. The highest BCUT2D eigenvalue weighted by Crippen LogP contribution is 1.93. The van der Waals surface area contributed by atoms with E-state index in [1.807, 2.05) is 4.98 Å². The van der Waals surface area contributed by atoms with Crippen LogP contribution < -0.4 is 11.2 Å². The second-order valence-corrected chi connectivity index (χ2v) is 3.00. The summed E-state index contributed by atoms with van der Waals surface area (Å²) in [5.74, 6) is 0. The second-order valence-electron chi connectivity index (χ2n) is 3.00. The number of aliphatic hydroxyl groups excluding tert-OH is 1. The first kappa shape index (κ1) is 10.6. The molecule has 1 unspecified atom stereocenters. The van der Waals surface area contributed by atoms with Gasteiger partial charge in [0.05, 0.1) is 13.2 Å². The SMILES string of the molecule is Cc1cn(CC(F)CO)c(=O)[nH]c1=O. The number of hydrogen-bond acceptors (Lipinski definition) is 3. The van der Waals surface area contributed by atoms with Crippen LogP contribution in [-0.2, 0) is 6.54 Å². The van der Waals surface area contributed by atoms with Crippen molar-refractivity contribution in [1.29, 1.82) is 0 Å². The molecule has 5 nitrogen and oxygen atoms in total. The van der Waals surface area contributed by atoms with Crippen molar-refractivity contribution in [3.05, 3.63) is 32.6 Å². The van der Waals surface area contributed by atoms with E-state index in [0.717, 1.165) is 4.57 Å². The molecule has 0 radical (unpaired) electrons.